The Morgan fingerprint density at radius 1 is 0.971 bits per heavy atom. The molecule has 3 aromatic rings. The van der Waals surface area contributed by atoms with E-state index in [1.54, 1.807) is 0 Å². The summed E-state index contributed by atoms with van der Waals surface area (Å²) in [5, 5.41) is 6.88. The van der Waals surface area contributed by atoms with E-state index in [2.05, 4.69) is 20.1 Å². The normalized spacial score (nSPS) is 17.6. The number of fused-ring (bicyclic) bond motifs is 1. The van der Waals surface area contributed by atoms with Gasteiger partial charge in [-0.1, -0.05) is 37.5 Å². The number of nitrogens with zero attached hydrogens (tertiary/aromatic N) is 5. The Balaban J connectivity index is 1.29. The number of anilines is 2. The number of benzene rings is 1. The van der Waals surface area contributed by atoms with Crippen LogP contribution in [0.4, 0.5) is 11.8 Å². The molecule has 2 fully saturated rings. The van der Waals surface area contributed by atoms with Crippen LogP contribution in [-0.4, -0.2) is 77.0 Å². The van der Waals surface area contributed by atoms with E-state index in [4.69, 9.17) is 24.4 Å². The van der Waals surface area contributed by atoms with Crippen molar-refractivity contribution in [1.82, 2.24) is 24.4 Å². The van der Waals surface area contributed by atoms with E-state index < -0.39 is 0 Å². The Kier molecular flexibility index (Phi) is 7.72. The number of para-hydroxylation sites is 1. The molecule has 3 heterocycles. The van der Waals surface area contributed by atoms with E-state index in [0.717, 1.165) is 62.1 Å². The summed E-state index contributed by atoms with van der Waals surface area (Å²) in [7, 11) is 0. The van der Waals surface area contributed by atoms with Gasteiger partial charge in [0.05, 0.1) is 26.1 Å². The highest BCUT2D eigenvalue weighted by Crippen LogP contribution is 2.31. The van der Waals surface area contributed by atoms with Crippen molar-refractivity contribution in [3.8, 4) is 5.75 Å². The van der Waals surface area contributed by atoms with Gasteiger partial charge in [-0.25, -0.2) is 4.98 Å². The minimum Gasteiger partial charge on any atom is -0.492 e. The number of aromatic nitrogens is 4. The molecule has 0 atom stereocenters. The molecule has 0 bridgehead atoms. The van der Waals surface area contributed by atoms with Crippen LogP contribution in [0, 0.1) is 0 Å². The molecule has 0 unspecified atom stereocenters. The van der Waals surface area contributed by atoms with Crippen molar-refractivity contribution in [3.63, 3.8) is 0 Å². The topological polar surface area (TPSA) is 89.4 Å². The van der Waals surface area contributed by atoms with E-state index in [1.165, 1.54) is 32.1 Å². The molecule has 1 aliphatic carbocycles. The van der Waals surface area contributed by atoms with Gasteiger partial charge in [-0.3, -0.25) is 4.90 Å². The molecule has 1 saturated carbocycles. The first-order valence-electron chi connectivity index (χ1n) is 12.6. The Morgan fingerprint density at radius 3 is 2.62 bits per heavy atom. The molecule has 2 aliphatic rings. The van der Waals surface area contributed by atoms with Gasteiger partial charge in [0.15, 0.2) is 17.0 Å². The molecule has 1 aromatic carbocycles. The second kappa shape index (κ2) is 11.5. The maximum absolute atomic E-state index is 5.84. The predicted molar refractivity (Wildman–Crippen MR) is 134 cm³/mol. The minimum absolute atomic E-state index is 0.462. The summed E-state index contributed by atoms with van der Waals surface area (Å²) in [6.07, 6.45) is 8.16. The molecule has 0 radical (unpaired) electrons. The van der Waals surface area contributed by atoms with Crippen molar-refractivity contribution in [1.29, 1.82) is 0 Å². The largest absolute Gasteiger partial charge is 0.492 e. The van der Waals surface area contributed by atoms with Crippen molar-refractivity contribution >= 4 is 22.9 Å². The lowest BCUT2D eigenvalue weighted by atomic mass is 9.95. The molecule has 1 aliphatic heterocycles. The van der Waals surface area contributed by atoms with Crippen LogP contribution in [0.1, 0.15) is 38.1 Å². The van der Waals surface area contributed by atoms with Gasteiger partial charge >= 0.3 is 0 Å². The molecule has 182 valence electrons. The molecule has 9 nitrogen and oxygen atoms in total. The maximum Gasteiger partial charge on any atom is 0.226 e. The fourth-order valence-electron chi connectivity index (χ4n) is 4.75. The number of hydrogen-bond donors (Lipinski definition) is 2. The Morgan fingerprint density at radius 2 is 1.79 bits per heavy atom. The first-order valence-corrected chi connectivity index (χ1v) is 12.6. The minimum atomic E-state index is 0.462. The summed E-state index contributed by atoms with van der Waals surface area (Å²) in [6.45, 7) is 6.47. The lowest BCUT2D eigenvalue weighted by Crippen LogP contribution is -2.39. The highest BCUT2D eigenvalue weighted by atomic mass is 16.5. The van der Waals surface area contributed by atoms with Crippen molar-refractivity contribution in [3.05, 3.63) is 36.7 Å². The molecule has 1 saturated heterocycles. The fourth-order valence-corrected chi connectivity index (χ4v) is 4.75. The fraction of sp³-hybridized carbons (Fsp3) is 0.560. The van der Waals surface area contributed by atoms with Crippen molar-refractivity contribution in [2.75, 3.05) is 63.2 Å². The molecular weight excluding hydrogens is 430 g/mol. The second-order valence-corrected chi connectivity index (χ2v) is 8.98. The summed E-state index contributed by atoms with van der Waals surface area (Å²) in [6, 6.07) is 10.3. The van der Waals surface area contributed by atoms with E-state index in [9.17, 15) is 0 Å². The highest BCUT2D eigenvalue weighted by molar-refractivity contribution is 5.84. The number of nitrogens with one attached hydrogen (secondary N) is 2. The molecule has 0 spiro atoms. The second-order valence-electron chi connectivity index (χ2n) is 8.98. The van der Waals surface area contributed by atoms with Gasteiger partial charge in [-0.15, -0.1) is 0 Å². The zero-order valence-corrected chi connectivity index (χ0v) is 19.8. The monoisotopic (exact) mass is 465 g/mol. The smallest absolute Gasteiger partial charge is 0.226 e. The van der Waals surface area contributed by atoms with Gasteiger partial charge in [0.25, 0.3) is 0 Å². The Bertz CT molecular complexity index is 1030. The van der Waals surface area contributed by atoms with Crippen LogP contribution in [0.5, 0.6) is 5.75 Å². The summed E-state index contributed by atoms with van der Waals surface area (Å²) in [5.74, 6) is 2.26. The number of hydrogen-bond acceptors (Lipinski definition) is 8. The van der Waals surface area contributed by atoms with Gasteiger partial charge < -0.3 is 24.7 Å². The molecule has 9 heteroatoms. The highest BCUT2D eigenvalue weighted by Gasteiger charge is 2.21. The summed E-state index contributed by atoms with van der Waals surface area (Å²) in [4.78, 5) is 16.8. The zero-order chi connectivity index (χ0) is 23.0. The SMILES string of the molecule is c1ccc(OCCNc2nc(NCCN3CCOCC3)nc3c2ncn3C2CCCCC2)cc1. The van der Waals surface area contributed by atoms with Crippen molar-refractivity contribution in [2.45, 2.75) is 38.1 Å². The van der Waals surface area contributed by atoms with E-state index in [1.807, 2.05) is 36.7 Å². The summed E-state index contributed by atoms with van der Waals surface area (Å²) in [5.41, 5.74) is 1.73. The van der Waals surface area contributed by atoms with Gasteiger partial charge in [-0.2, -0.15) is 9.97 Å². The number of ether oxygens (including phenoxy) is 2. The first-order chi connectivity index (χ1) is 16.9. The zero-order valence-electron chi connectivity index (χ0n) is 19.8. The van der Waals surface area contributed by atoms with Gasteiger partial charge in [0.2, 0.25) is 5.95 Å². The maximum atomic E-state index is 5.84. The summed E-state index contributed by atoms with van der Waals surface area (Å²) >= 11 is 0. The van der Waals surface area contributed by atoms with Gasteiger partial charge in [-0.05, 0) is 25.0 Å². The van der Waals surface area contributed by atoms with E-state index >= 15 is 0 Å². The predicted octanol–water partition coefficient (Wildman–Crippen LogP) is 3.57. The molecule has 5 rings (SSSR count). The summed E-state index contributed by atoms with van der Waals surface area (Å²) < 4.78 is 13.5. The number of morpholine rings is 1. The van der Waals surface area contributed by atoms with Crippen LogP contribution in [0.2, 0.25) is 0 Å². The molecule has 2 N–H and O–H groups in total. The van der Waals surface area contributed by atoms with Crippen LogP contribution in [0.15, 0.2) is 36.7 Å². The average Bonchev–Trinajstić information content (AvgIpc) is 3.33. The molecule has 2 aromatic heterocycles. The van der Waals surface area contributed by atoms with Crippen LogP contribution in [0.25, 0.3) is 11.2 Å². The molecule has 34 heavy (non-hydrogen) atoms. The van der Waals surface area contributed by atoms with Crippen LogP contribution < -0.4 is 15.4 Å². The van der Waals surface area contributed by atoms with Crippen LogP contribution in [-0.2, 0) is 4.74 Å². The van der Waals surface area contributed by atoms with Gasteiger partial charge in [0, 0.05) is 32.2 Å². The quantitative estimate of drug-likeness (QED) is 0.439. The van der Waals surface area contributed by atoms with Crippen LogP contribution in [0.3, 0.4) is 0 Å². The third-order valence-electron chi connectivity index (χ3n) is 6.61. The third kappa shape index (κ3) is 5.77. The lowest BCUT2D eigenvalue weighted by Gasteiger charge is -2.26. The number of imidazole rings is 1. The molecule has 0 amide bonds. The van der Waals surface area contributed by atoms with Crippen LogP contribution >= 0.6 is 0 Å². The Hall–Kier alpha value is -2.91. The first kappa shape index (κ1) is 22.9. The number of rotatable bonds is 10. The third-order valence-corrected chi connectivity index (χ3v) is 6.61. The lowest BCUT2D eigenvalue weighted by molar-refractivity contribution is 0.0398. The van der Waals surface area contributed by atoms with E-state index in [-0.39, 0.29) is 0 Å². The Labute approximate surface area is 200 Å². The average molecular weight is 466 g/mol. The van der Waals surface area contributed by atoms with Gasteiger partial charge in [0.1, 0.15) is 12.4 Å². The standard InChI is InChI=1S/C25H35N7O2/c1-3-7-20(8-4-1)32-19-28-22-23(26-12-16-34-21-9-5-2-6-10-21)29-25(30-24(22)32)27-11-13-31-14-17-33-18-15-31/h2,5-6,9-10,19-20H,1,3-4,7-8,11-18H2,(H2,26,27,29,30). The van der Waals surface area contributed by atoms with E-state index in [0.29, 0.717) is 25.1 Å². The van der Waals surface area contributed by atoms with Crippen molar-refractivity contribution < 1.29 is 9.47 Å². The van der Waals surface area contributed by atoms with Crippen molar-refractivity contribution in [2.24, 2.45) is 0 Å². The molecular formula is C25H35N7O2.